The van der Waals surface area contributed by atoms with Gasteiger partial charge in [0.1, 0.15) is 0 Å². The molecule has 1 aromatic rings. The van der Waals surface area contributed by atoms with E-state index in [1.807, 2.05) is 0 Å². The van der Waals surface area contributed by atoms with Gasteiger partial charge in [-0.1, -0.05) is 0 Å². The Bertz CT molecular complexity index is 338. The van der Waals surface area contributed by atoms with E-state index in [4.69, 9.17) is 0 Å². The predicted molar refractivity (Wildman–Crippen MR) is 47.5 cm³/mol. The minimum atomic E-state index is -2.47. The number of carbonyl (C=O) groups is 1. The number of hydrogen-bond acceptors (Lipinski definition) is 1. The molecule has 1 fully saturated rings. The second-order valence-corrected chi connectivity index (χ2v) is 3.83. The standard InChI is InChI=1S/C10H11F2NO/c11-10(12)4-8(5-10)6-13-3-1-2-9(13)7-14/h1-3,7-8H,4-6H2. The average Bonchev–Trinajstić information content (AvgIpc) is 2.48. The lowest BCUT2D eigenvalue weighted by Gasteiger charge is -2.35. The summed E-state index contributed by atoms with van der Waals surface area (Å²) in [6.45, 7) is 0.524. The van der Waals surface area contributed by atoms with Gasteiger partial charge in [0, 0.05) is 25.6 Å². The van der Waals surface area contributed by atoms with Crippen molar-refractivity contribution in [3.63, 3.8) is 0 Å². The highest BCUT2D eigenvalue weighted by Crippen LogP contribution is 2.43. The molecule has 1 aromatic heterocycles. The molecule has 76 valence electrons. The summed E-state index contributed by atoms with van der Waals surface area (Å²) in [5.41, 5.74) is 0.556. The van der Waals surface area contributed by atoms with Gasteiger partial charge in [-0.05, 0) is 18.1 Å². The first-order valence-electron chi connectivity index (χ1n) is 4.59. The monoisotopic (exact) mass is 199 g/mol. The van der Waals surface area contributed by atoms with E-state index in [-0.39, 0.29) is 18.8 Å². The summed E-state index contributed by atoms with van der Waals surface area (Å²) in [6, 6.07) is 3.43. The molecule has 0 spiro atoms. The van der Waals surface area contributed by atoms with Crippen LogP contribution in [0.1, 0.15) is 23.3 Å². The average molecular weight is 199 g/mol. The van der Waals surface area contributed by atoms with Crippen LogP contribution in [0.15, 0.2) is 18.3 Å². The number of halogens is 2. The molecule has 1 aliphatic carbocycles. The van der Waals surface area contributed by atoms with Crippen LogP contribution in [0, 0.1) is 5.92 Å². The van der Waals surface area contributed by atoms with Crippen LogP contribution < -0.4 is 0 Å². The van der Waals surface area contributed by atoms with Crippen LogP contribution in [-0.4, -0.2) is 16.8 Å². The second kappa shape index (κ2) is 3.19. The van der Waals surface area contributed by atoms with E-state index in [0.29, 0.717) is 12.2 Å². The molecular formula is C10H11F2NO. The van der Waals surface area contributed by atoms with Gasteiger partial charge < -0.3 is 4.57 Å². The van der Waals surface area contributed by atoms with Gasteiger partial charge >= 0.3 is 0 Å². The zero-order valence-corrected chi connectivity index (χ0v) is 7.62. The maximum absolute atomic E-state index is 12.5. The van der Waals surface area contributed by atoms with Crippen molar-refractivity contribution in [1.82, 2.24) is 4.57 Å². The van der Waals surface area contributed by atoms with Gasteiger partial charge in [-0.2, -0.15) is 0 Å². The Labute approximate surface area is 80.5 Å². The maximum atomic E-state index is 12.5. The van der Waals surface area contributed by atoms with Crippen molar-refractivity contribution >= 4 is 6.29 Å². The third-order valence-corrected chi connectivity index (χ3v) is 2.61. The van der Waals surface area contributed by atoms with Gasteiger partial charge in [0.2, 0.25) is 5.92 Å². The number of carbonyl (C=O) groups excluding carboxylic acids is 1. The zero-order chi connectivity index (χ0) is 10.2. The summed E-state index contributed by atoms with van der Waals surface area (Å²) < 4.78 is 26.8. The molecule has 1 saturated carbocycles. The van der Waals surface area contributed by atoms with Gasteiger partial charge in [0.05, 0.1) is 5.69 Å². The highest BCUT2D eigenvalue weighted by atomic mass is 19.3. The van der Waals surface area contributed by atoms with Gasteiger partial charge in [-0.25, -0.2) is 8.78 Å². The molecule has 0 radical (unpaired) electrons. The molecule has 0 saturated heterocycles. The fourth-order valence-corrected chi connectivity index (χ4v) is 1.89. The molecule has 4 heteroatoms. The largest absolute Gasteiger partial charge is 0.345 e. The van der Waals surface area contributed by atoms with Crippen LogP contribution in [0.2, 0.25) is 0 Å². The summed E-state index contributed by atoms with van der Waals surface area (Å²) in [7, 11) is 0. The Hall–Kier alpha value is -1.19. The Morgan fingerprint density at radius 1 is 1.57 bits per heavy atom. The zero-order valence-electron chi connectivity index (χ0n) is 7.62. The molecule has 2 rings (SSSR count). The minimum absolute atomic E-state index is 0.0103. The van der Waals surface area contributed by atoms with E-state index in [1.165, 1.54) is 0 Å². The molecule has 0 N–H and O–H groups in total. The number of rotatable bonds is 3. The highest BCUT2D eigenvalue weighted by molar-refractivity contribution is 5.72. The molecule has 0 aliphatic heterocycles. The molecule has 0 unspecified atom stereocenters. The number of hydrogen-bond donors (Lipinski definition) is 0. The first kappa shape index (κ1) is 9.37. The van der Waals surface area contributed by atoms with Crippen molar-refractivity contribution in [2.45, 2.75) is 25.3 Å². The van der Waals surface area contributed by atoms with Crippen LogP contribution in [-0.2, 0) is 6.54 Å². The van der Waals surface area contributed by atoms with Gasteiger partial charge in [0.25, 0.3) is 0 Å². The quantitative estimate of drug-likeness (QED) is 0.685. The summed E-state index contributed by atoms with van der Waals surface area (Å²) in [4.78, 5) is 10.5. The van der Waals surface area contributed by atoms with E-state index in [1.54, 1.807) is 22.9 Å². The molecule has 1 aliphatic rings. The van der Waals surface area contributed by atoms with E-state index >= 15 is 0 Å². The molecular weight excluding hydrogens is 188 g/mol. The summed E-state index contributed by atoms with van der Waals surface area (Å²) in [6.07, 6.45) is 2.39. The summed E-state index contributed by atoms with van der Waals surface area (Å²) in [5, 5.41) is 0. The maximum Gasteiger partial charge on any atom is 0.248 e. The number of aromatic nitrogens is 1. The van der Waals surface area contributed by atoms with Crippen LogP contribution in [0.4, 0.5) is 8.78 Å². The van der Waals surface area contributed by atoms with Gasteiger partial charge in [0.15, 0.2) is 6.29 Å². The molecule has 0 amide bonds. The third-order valence-electron chi connectivity index (χ3n) is 2.61. The van der Waals surface area contributed by atoms with Crippen LogP contribution in [0.25, 0.3) is 0 Å². The van der Waals surface area contributed by atoms with Crippen molar-refractivity contribution in [2.75, 3.05) is 0 Å². The fourth-order valence-electron chi connectivity index (χ4n) is 1.89. The van der Waals surface area contributed by atoms with Gasteiger partial charge in [-0.15, -0.1) is 0 Å². The van der Waals surface area contributed by atoms with Crippen molar-refractivity contribution in [3.05, 3.63) is 24.0 Å². The molecule has 14 heavy (non-hydrogen) atoms. The van der Waals surface area contributed by atoms with Crippen LogP contribution in [0.3, 0.4) is 0 Å². The Morgan fingerprint density at radius 3 is 2.86 bits per heavy atom. The molecule has 1 heterocycles. The minimum Gasteiger partial charge on any atom is -0.345 e. The Morgan fingerprint density at radius 2 is 2.29 bits per heavy atom. The van der Waals surface area contributed by atoms with E-state index < -0.39 is 5.92 Å². The lowest BCUT2D eigenvalue weighted by molar-refractivity contribution is -0.114. The van der Waals surface area contributed by atoms with E-state index in [9.17, 15) is 13.6 Å². The normalized spacial score (nSPS) is 20.4. The molecule has 0 atom stereocenters. The summed E-state index contributed by atoms with van der Waals surface area (Å²) >= 11 is 0. The SMILES string of the molecule is O=Cc1cccn1CC1CC(F)(F)C1. The van der Waals surface area contributed by atoms with Crippen molar-refractivity contribution in [2.24, 2.45) is 5.92 Å². The van der Waals surface area contributed by atoms with Crippen molar-refractivity contribution in [3.8, 4) is 0 Å². The van der Waals surface area contributed by atoms with Gasteiger partial charge in [-0.3, -0.25) is 4.79 Å². The Kier molecular flexibility index (Phi) is 2.13. The van der Waals surface area contributed by atoms with Crippen molar-refractivity contribution in [1.29, 1.82) is 0 Å². The number of nitrogens with zero attached hydrogens (tertiary/aromatic N) is 1. The Balaban J connectivity index is 1.96. The first-order valence-corrected chi connectivity index (χ1v) is 4.59. The number of alkyl halides is 2. The summed E-state index contributed by atoms with van der Waals surface area (Å²) in [5.74, 6) is -2.46. The number of aldehydes is 1. The van der Waals surface area contributed by atoms with Crippen LogP contribution in [0.5, 0.6) is 0 Å². The fraction of sp³-hybridized carbons (Fsp3) is 0.500. The highest BCUT2D eigenvalue weighted by Gasteiger charge is 2.45. The smallest absolute Gasteiger partial charge is 0.248 e. The molecule has 2 nitrogen and oxygen atoms in total. The lowest BCUT2D eigenvalue weighted by atomic mass is 9.81. The molecule has 0 bridgehead atoms. The first-order chi connectivity index (χ1) is 6.61. The van der Waals surface area contributed by atoms with E-state index in [0.717, 1.165) is 6.29 Å². The van der Waals surface area contributed by atoms with Crippen molar-refractivity contribution < 1.29 is 13.6 Å². The lowest BCUT2D eigenvalue weighted by Crippen LogP contribution is -2.37. The van der Waals surface area contributed by atoms with E-state index in [2.05, 4.69) is 0 Å². The second-order valence-electron chi connectivity index (χ2n) is 3.83. The molecule has 0 aromatic carbocycles. The predicted octanol–water partition coefficient (Wildman–Crippen LogP) is 2.35. The van der Waals surface area contributed by atoms with Crippen LogP contribution >= 0.6 is 0 Å². The topological polar surface area (TPSA) is 22.0 Å². The third kappa shape index (κ3) is 1.69.